The van der Waals surface area contributed by atoms with Crippen molar-refractivity contribution in [3.8, 4) is 11.5 Å². The number of morpholine rings is 1. The number of ether oxygens (including phenoxy) is 3. The number of aryl methyl sites for hydroxylation is 1. The van der Waals surface area contributed by atoms with Gasteiger partial charge in [-0.3, -0.25) is 14.6 Å². The van der Waals surface area contributed by atoms with Crippen molar-refractivity contribution < 1.29 is 23.8 Å². The third-order valence-electron chi connectivity index (χ3n) is 4.78. The summed E-state index contributed by atoms with van der Waals surface area (Å²) in [5.74, 6) is 0.574. The number of pyridine rings is 1. The molecular weight excluding hydrogens is 374 g/mol. The van der Waals surface area contributed by atoms with Gasteiger partial charge >= 0.3 is 0 Å². The van der Waals surface area contributed by atoms with Crippen LogP contribution in [0.25, 0.3) is 0 Å². The summed E-state index contributed by atoms with van der Waals surface area (Å²) >= 11 is 0. The molecule has 154 valence electrons. The van der Waals surface area contributed by atoms with Gasteiger partial charge in [-0.2, -0.15) is 0 Å². The zero-order chi connectivity index (χ0) is 21.0. The second-order valence-electron chi connectivity index (χ2n) is 6.89. The summed E-state index contributed by atoms with van der Waals surface area (Å²) in [5.41, 5.74) is 2.55. The van der Waals surface area contributed by atoms with E-state index in [0.717, 1.165) is 11.3 Å². The summed E-state index contributed by atoms with van der Waals surface area (Å²) in [7, 11) is 4.79. The van der Waals surface area contributed by atoms with Crippen molar-refractivity contribution in [2.24, 2.45) is 0 Å². The van der Waals surface area contributed by atoms with E-state index in [4.69, 9.17) is 14.2 Å². The van der Waals surface area contributed by atoms with Crippen molar-refractivity contribution in [2.45, 2.75) is 25.6 Å². The molecule has 0 aliphatic carbocycles. The van der Waals surface area contributed by atoms with Gasteiger partial charge in [-0.05, 0) is 42.3 Å². The second kappa shape index (κ2) is 8.91. The summed E-state index contributed by atoms with van der Waals surface area (Å²) in [6.07, 6.45) is 0.867. The van der Waals surface area contributed by atoms with Gasteiger partial charge in [0.1, 0.15) is 6.61 Å². The predicted octanol–water partition coefficient (Wildman–Crippen LogP) is 1.62. The maximum absolute atomic E-state index is 13.1. The van der Waals surface area contributed by atoms with Crippen LogP contribution in [-0.2, 0) is 20.9 Å². The molecule has 2 atom stereocenters. The first-order valence-corrected chi connectivity index (χ1v) is 9.22. The molecule has 2 aromatic rings. The van der Waals surface area contributed by atoms with Crippen LogP contribution in [0, 0.1) is 6.92 Å². The van der Waals surface area contributed by atoms with E-state index in [1.54, 1.807) is 43.5 Å². The minimum atomic E-state index is -0.848. The third-order valence-corrected chi connectivity index (χ3v) is 4.78. The maximum Gasteiger partial charge on any atom is 0.254 e. The maximum atomic E-state index is 13.1. The van der Waals surface area contributed by atoms with E-state index in [1.807, 2.05) is 19.1 Å². The molecule has 0 bridgehead atoms. The zero-order valence-electron chi connectivity index (χ0n) is 17.0. The van der Waals surface area contributed by atoms with Gasteiger partial charge in [0.15, 0.2) is 17.6 Å². The van der Waals surface area contributed by atoms with Gasteiger partial charge < -0.3 is 24.4 Å². The lowest BCUT2D eigenvalue weighted by Gasteiger charge is -2.34. The molecule has 0 unspecified atom stereocenters. The normalized spacial score (nSPS) is 18.7. The van der Waals surface area contributed by atoms with Crippen molar-refractivity contribution in [3.63, 3.8) is 0 Å². The Balaban J connectivity index is 1.83. The smallest absolute Gasteiger partial charge is 0.254 e. The molecule has 8 nitrogen and oxygen atoms in total. The highest BCUT2D eigenvalue weighted by atomic mass is 16.5. The number of hydrogen-bond donors (Lipinski definition) is 1. The molecule has 1 saturated heterocycles. The van der Waals surface area contributed by atoms with E-state index in [-0.39, 0.29) is 18.4 Å². The number of nitrogens with one attached hydrogen (secondary N) is 1. The Hall–Kier alpha value is -3.13. The molecule has 1 aromatic heterocycles. The minimum Gasteiger partial charge on any atom is -0.493 e. The van der Waals surface area contributed by atoms with Gasteiger partial charge in [-0.1, -0.05) is 6.07 Å². The highest BCUT2D eigenvalue weighted by Crippen LogP contribution is 2.33. The van der Waals surface area contributed by atoms with Crippen LogP contribution in [0.4, 0.5) is 0 Å². The van der Waals surface area contributed by atoms with Crippen molar-refractivity contribution in [3.05, 3.63) is 53.3 Å². The van der Waals surface area contributed by atoms with Gasteiger partial charge in [0, 0.05) is 25.5 Å². The van der Waals surface area contributed by atoms with Crippen LogP contribution in [0.3, 0.4) is 0 Å². The number of carbonyl (C=O) groups is 2. The molecule has 1 aliphatic heterocycles. The van der Waals surface area contributed by atoms with Crippen molar-refractivity contribution >= 4 is 11.8 Å². The van der Waals surface area contributed by atoms with E-state index in [1.165, 1.54) is 7.11 Å². The summed E-state index contributed by atoms with van der Waals surface area (Å²) < 4.78 is 16.3. The van der Waals surface area contributed by atoms with Crippen LogP contribution in [0.5, 0.6) is 11.5 Å². The SMILES string of the molecule is COc1ccc([C@H]2NC(=O)CO[C@@H]2C(=O)N(C)Cc2ccnc(C)c2)cc1OC. The number of likely N-dealkylation sites (N-methyl/N-ethyl adjacent to an activating group) is 1. The Labute approximate surface area is 169 Å². The molecule has 3 rings (SSSR count). The molecule has 0 saturated carbocycles. The number of carbonyl (C=O) groups excluding carboxylic acids is 2. The molecule has 8 heteroatoms. The van der Waals surface area contributed by atoms with Crippen LogP contribution < -0.4 is 14.8 Å². The first-order chi connectivity index (χ1) is 13.9. The fourth-order valence-electron chi connectivity index (χ4n) is 3.34. The molecule has 1 N–H and O–H groups in total. The first kappa shape index (κ1) is 20.6. The number of rotatable bonds is 6. The number of benzene rings is 1. The van der Waals surface area contributed by atoms with Gasteiger partial charge in [0.05, 0.1) is 20.3 Å². The minimum absolute atomic E-state index is 0.164. The lowest BCUT2D eigenvalue weighted by atomic mass is 9.98. The highest BCUT2D eigenvalue weighted by Gasteiger charge is 2.38. The Morgan fingerprint density at radius 2 is 2.00 bits per heavy atom. The van der Waals surface area contributed by atoms with E-state index in [0.29, 0.717) is 23.6 Å². The summed E-state index contributed by atoms with van der Waals surface area (Å²) in [5, 5.41) is 2.86. The van der Waals surface area contributed by atoms with Crippen LogP contribution in [0.15, 0.2) is 36.5 Å². The number of nitrogens with zero attached hydrogens (tertiary/aromatic N) is 2. The molecule has 0 spiro atoms. The van der Waals surface area contributed by atoms with E-state index in [9.17, 15) is 9.59 Å². The van der Waals surface area contributed by atoms with Crippen molar-refractivity contribution in [1.82, 2.24) is 15.2 Å². The van der Waals surface area contributed by atoms with Crippen molar-refractivity contribution in [2.75, 3.05) is 27.9 Å². The fraction of sp³-hybridized carbons (Fsp3) is 0.381. The number of amides is 2. The van der Waals surface area contributed by atoms with Crippen LogP contribution >= 0.6 is 0 Å². The molecular formula is C21H25N3O5. The Morgan fingerprint density at radius 3 is 2.69 bits per heavy atom. The Morgan fingerprint density at radius 1 is 1.24 bits per heavy atom. The summed E-state index contributed by atoms with van der Waals surface area (Å²) in [4.78, 5) is 30.9. The van der Waals surface area contributed by atoms with Crippen LogP contribution in [0.1, 0.15) is 22.9 Å². The van der Waals surface area contributed by atoms with Gasteiger partial charge in [-0.25, -0.2) is 0 Å². The molecule has 2 amide bonds. The van der Waals surface area contributed by atoms with E-state index in [2.05, 4.69) is 10.3 Å². The molecule has 29 heavy (non-hydrogen) atoms. The van der Waals surface area contributed by atoms with Gasteiger partial charge in [0.25, 0.3) is 5.91 Å². The van der Waals surface area contributed by atoms with E-state index < -0.39 is 12.1 Å². The average molecular weight is 399 g/mol. The molecule has 0 radical (unpaired) electrons. The van der Waals surface area contributed by atoms with E-state index >= 15 is 0 Å². The molecule has 1 aromatic carbocycles. The van der Waals surface area contributed by atoms with Crippen LogP contribution in [0.2, 0.25) is 0 Å². The zero-order valence-corrected chi connectivity index (χ0v) is 17.0. The first-order valence-electron chi connectivity index (χ1n) is 9.22. The summed E-state index contributed by atoms with van der Waals surface area (Å²) in [6.45, 7) is 2.15. The molecule has 1 aliphatic rings. The number of aromatic nitrogens is 1. The number of hydrogen-bond acceptors (Lipinski definition) is 6. The third kappa shape index (κ3) is 4.65. The largest absolute Gasteiger partial charge is 0.493 e. The molecule has 1 fully saturated rings. The standard InChI is InChI=1S/C21H25N3O5/c1-13-9-14(7-8-22-13)11-24(2)21(26)20-19(23-18(25)12-29-20)15-5-6-16(27-3)17(10-15)28-4/h5-10,19-20H,11-12H2,1-4H3,(H,23,25)/t19-,20+/m1/s1. The quantitative estimate of drug-likeness (QED) is 0.794. The monoisotopic (exact) mass is 399 g/mol. The predicted molar refractivity (Wildman–Crippen MR) is 106 cm³/mol. The van der Waals surface area contributed by atoms with Crippen LogP contribution in [-0.4, -0.2) is 55.7 Å². The van der Waals surface area contributed by atoms with Gasteiger partial charge in [0.2, 0.25) is 5.91 Å². The lowest BCUT2D eigenvalue weighted by Crippen LogP contribution is -2.52. The van der Waals surface area contributed by atoms with Crippen molar-refractivity contribution in [1.29, 1.82) is 0 Å². The Kier molecular flexibility index (Phi) is 6.33. The highest BCUT2D eigenvalue weighted by molar-refractivity contribution is 5.86. The second-order valence-corrected chi connectivity index (χ2v) is 6.89. The average Bonchev–Trinajstić information content (AvgIpc) is 2.72. The summed E-state index contributed by atoms with van der Waals surface area (Å²) in [6, 6.07) is 8.43. The number of methoxy groups -OCH3 is 2. The molecule has 2 heterocycles. The van der Waals surface area contributed by atoms with Gasteiger partial charge in [-0.15, -0.1) is 0 Å². The topological polar surface area (TPSA) is 90.0 Å². The fourth-order valence-corrected chi connectivity index (χ4v) is 3.34. The Bertz CT molecular complexity index is 902. The lowest BCUT2D eigenvalue weighted by molar-refractivity contribution is -0.154.